The summed E-state index contributed by atoms with van der Waals surface area (Å²) in [4.78, 5) is 43.1. The largest absolute Gasteiger partial charge is 0.481 e. The summed E-state index contributed by atoms with van der Waals surface area (Å²) in [6.45, 7) is 5.11. The molecular formula is C23H28N2O10. The van der Waals surface area contributed by atoms with E-state index in [1.165, 1.54) is 0 Å². The Morgan fingerprint density at radius 3 is 2.29 bits per heavy atom. The molecule has 1 aliphatic rings. The van der Waals surface area contributed by atoms with Gasteiger partial charge in [0.15, 0.2) is 5.60 Å². The fourth-order valence-corrected chi connectivity index (χ4v) is 3.46. The number of benzene rings is 1. The van der Waals surface area contributed by atoms with Crippen LogP contribution in [-0.4, -0.2) is 74.3 Å². The number of carboxylic acid groups (broad SMARTS) is 3. The molecule has 1 aromatic carbocycles. The summed E-state index contributed by atoms with van der Waals surface area (Å²) in [7, 11) is 0. The molecule has 5 N–H and O–H groups in total. The summed E-state index contributed by atoms with van der Waals surface area (Å²) in [5.41, 5.74) is 0.371. The molecule has 35 heavy (non-hydrogen) atoms. The normalized spacial score (nSPS) is 15.5. The van der Waals surface area contributed by atoms with Crippen molar-refractivity contribution in [3.05, 3.63) is 41.2 Å². The van der Waals surface area contributed by atoms with Gasteiger partial charge in [-0.25, -0.2) is 4.79 Å². The van der Waals surface area contributed by atoms with Gasteiger partial charge in [-0.2, -0.15) is 0 Å². The lowest BCUT2D eigenvalue weighted by Crippen LogP contribution is -2.42. The predicted octanol–water partition coefficient (Wildman–Crippen LogP) is 1.62. The van der Waals surface area contributed by atoms with Crippen molar-refractivity contribution in [2.45, 2.75) is 51.2 Å². The highest BCUT2D eigenvalue weighted by atomic mass is 16.5. The van der Waals surface area contributed by atoms with E-state index in [1.54, 1.807) is 6.92 Å². The fourth-order valence-electron chi connectivity index (χ4n) is 3.46. The molecule has 3 rings (SSSR count). The quantitative estimate of drug-likeness (QED) is 0.359. The Bertz CT molecular complexity index is 1060. The van der Waals surface area contributed by atoms with Gasteiger partial charge >= 0.3 is 17.9 Å². The van der Waals surface area contributed by atoms with E-state index in [1.807, 2.05) is 31.2 Å². The number of carboxylic acids is 3. The number of ether oxygens (including phenoxy) is 1. The first-order chi connectivity index (χ1) is 16.4. The molecule has 0 radical (unpaired) electrons. The number of amides is 1. The van der Waals surface area contributed by atoms with Crippen LogP contribution >= 0.6 is 0 Å². The molecule has 1 fully saturated rings. The van der Waals surface area contributed by atoms with Crippen LogP contribution in [0.4, 0.5) is 0 Å². The van der Waals surface area contributed by atoms with E-state index in [-0.39, 0.29) is 11.9 Å². The average molecular weight is 492 g/mol. The molecule has 190 valence electrons. The number of nitrogens with zero attached hydrogens (tertiary/aromatic N) is 1. The van der Waals surface area contributed by atoms with Gasteiger partial charge in [0, 0.05) is 12.2 Å². The van der Waals surface area contributed by atoms with E-state index in [9.17, 15) is 19.2 Å². The second-order valence-electron chi connectivity index (χ2n) is 8.20. The molecule has 0 spiro atoms. The van der Waals surface area contributed by atoms with Crippen molar-refractivity contribution in [3.63, 3.8) is 0 Å². The van der Waals surface area contributed by atoms with Gasteiger partial charge in [-0.15, -0.1) is 0 Å². The molecule has 1 amide bonds. The highest BCUT2D eigenvalue weighted by Crippen LogP contribution is 2.26. The number of aryl methyl sites for hydroxylation is 2. The molecule has 12 heteroatoms. The van der Waals surface area contributed by atoms with E-state index < -0.39 is 36.4 Å². The minimum atomic E-state index is -2.74. The standard InChI is InChI=1S/C17H20N2O3.C6H8O7/c1-11-5-3-6-13(9-11)16-15(12(2)22-19-16)17(20)18-14-7-4-8-21-10-14;7-3(8)1-6(13,5(11)12)2-4(9)10/h3,5-6,9,14H,4,7-8,10H2,1-2H3,(H,18,20);13H,1-2H2,(H,7,8)(H,9,10)(H,11,12). The number of aromatic nitrogens is 1. The zero-order valence-corrected chi connectivity index (χ0v) is 19.3. The molecule has 1 unspecified atom stereocenters. The molecule has 0 bridgehead atoms. The van der Waals surface area contributed by atoms with E-state index in [2.05, 4.69) is 10.5 Å². The maximum absolute atomic E-state index is 12.6. The molecule has 12 nitrogen and oxygen atoms in total. The third kappa shape index (κ3) is 7.90. The number of hydrogen-bond acceptors (Lipinski definition) is 8. The first kappa shape index (κ1) is 27.5. The summed E-state index contributed by atoms with van der Waals surface area (Å²) >= 11 is 0. The van der Waals surface area contributed by atoms with Crippen LogP contribution in [0, 0.1) is 13.8 Å². The van der Waals surface area contributed by atoms with Gasteiger partial charge in [-0.3, -0.25) is 14.4 Å². The van der Waals surface area contributed by atoms with Gasteiger partial charge in [-0.05, 0) is 32.8 Å². The average Bonchev–Trinajstić information content (AvgIpc) is 3.15. The van der Waals surface area contributed by atoms with Crippen LogP contribution in [0.1, 0.15) is 47.4 Å². The number of nitrogens with one attached hydrogen (secondary N) is 1. The minimum Gasteiger partial charge on any atom is -0.481 e. The van der Waals surface area contributed by atoms with Crippen molar-refractivity contribution < 1.29 is 48.9 Å². The summed E-state index contributed by atoms with van der Waals surface area (Å²) in [5.74, 6) is -4.63. The Morgan fingerprint density at radius 2 is 1.77 bits per heavy atom. The van der Waals surface area contributed by atoms with Crippen molar-refractivity contribution in [2.24, 2.45) is 0 Å². The summed E-state index contributed by atoms with van der Waals surface area (Å²) in [5, 5.41) is 40.9. The number of rotatable bonds is 8. The van der Waals surface area contributed by atoms with Crippen molar-refractivity contribution in [3.8, 4) is 11.3 Å². The van der Waals surface area contributed by atoms with Crippen LogP contribution in [0.15, 0.2) is 28.8 Å². The van der Waals surface area contributed by atoms with Crippen LogP contribution in [0.25, 0.3) is 11.3 Å². The first-order valence-corrected chi connectivity index (χ1v) is 10.7. The Balaban J connectivity index is 0.000000287. The Hall–Kier alpha value is -3.77. The Kier molecular flexibility index (Phi) is 9.49. The molecule has 0 aliphatic carbocycles. The van der Waals surface area contributed by atoms with Crippen molar-refractivity contribution in [1.82, 2.24) is 10.5 Å². The molecule has 1 atom stereocenters. The van der Waals surface area contributed by atoms with Gasteiger partial charge in [0.2, 0.25) is 0 Å². The van der Waals surface area contributed by atoms with Crippen LogP contribution in [-0.2, 0) is 19.1 Å². The van der Waals surface area contributed by atoms with Gasteiger partial charge in [0.25, 0.3) is 5.91 Å². The van der Waals surface area contributed by atoms with E-state index in [4.69, 9.17) is 29.7 Å². The van der Waals surface area contributed by atoms with Gasteiger partial charge in [0.05, 0.1) is 25.5 Å². The molecule has 1 aromatic heterocycles. The van der Waals surface area contributed by atoms with Gasteiger partial charge in [0.1, 0.15) is 17.0 Å². The smallest absolute Gasteiger partial charge is 0.336 e. The van der Waals surface area contributed by atoms with E-state index >= 15 is 0 Å². The highest BCUT2D eigenvalue weighted by molar-refractivity contribution is 6.01. The number of hydrogen-bond donors (Lipinski definition) is 5. The van der Waals surface area contributed by atoms with Crippen molar-refractivity contribution in [2.75, 3.05) is 13.2 Å². The van der Waals surface area contributed by atoms with Gasteiger partial charge in [-0.1, -0.05) is 28.9 Å². The zero-order valence-electron chi connectivity index (χ0n) is 19.3. The molecule has 1 saturated heterocycles. The summed E-state index contributed by atoms with van der Waals surface area (Å²) in [6, 6.07) is 7.95. The second kappa shape index (κ2) is 12.1. The molecule has 1 aliphatic heterocycles. The number of carbonyl (C=O) groups excluding carboxylic acids is 1. The molecular weight excluding hydrogens is 464 g/mol. The predicted molar refractivity (Wildman–Crippen MR) is 120 cm³/mol. The zero-order chi connectivity index (χ0) is 26.2. The Labute approximate surface area is 200 Å². The van der Waals surface area contributed by atoms with Crippen molar-refractivity contribution >= 4 is 23.8 Å². The third-order valence-corrected chi connectivity index (χ3v) is 5.16. The monoisotopic (exact) mass is 492 g/mol. The lowest BCUT2D eigenvalue weighted by Gasteiger charge is -2.23. The van der Waals surface area contributed by atoms with Crippen LogP contribution in [0.5, 0.6) is 0 Å². The lowest BCUT2D eigenvalue weighted by molar-refractivity contribution is -0.170. The van der Waals surface area contributed by atoms with E-state index in [0.717, 1.165) is 30.6 Å². The summed E-state index contributed by atoms with van der Waals surface area (Å²) < 4.78 is 10.7. The van der Waals surface area contributed by atoms with Crippen molar-refractivity contribution in [1.29, 1.82) is 0 Å². The summed E-state index contributed by atoms with van der Waals surface area (Å²) in [6.07, 6.45) is -0.378. The van der Waals surface area contributed by atoms with Crippen LogP contribution < -0.4 is 5.32 Å². The molecule has 2 aromatic rings. The molecule has 0 saturated carbocycles. The number of aliphatic hydroxyl groups is 1. The second-order valence-corrected chi connectivity index (χ2v) is 8.20. The van der Waals surface area contributed by atoms with Crippen LogP contribution in [0.2, 0.25) is 0 Å². The SMILES string of the molecule is Cc1cccc(-c2noc(C)c2C(=O)NC2CCCOC2)c1.O=C(O)CC(O)(CC(=O)O)C(=O)O. The lowest BCUT2D eigenvalue weighted by atomic mass is 9.96. The third-order valence-electron chi connectivity index (χ3n) is 5.16. The fraction of sp³-hybridized carbons (Fsp3) is 0.435. The number of aliphatic carboxylic acids is 3. The maximum Gasteiger partial charge on any atom is 0.336 e. The minimum absolute atomic E-state index is 0.0564. The number of carbonyl (C=O) groups is 4. The highest BCUT2D eigenvalue weighted by Gasteiger charge is 2.40. The van der Waals surface area contributed by atoms with Gasteiger partial charge < -0.3 is 35.0 Å². The Morgan fingerprint density at radius 1 is 1.11 bits per heavy atom. The topological polar surface area (TPSA) is 196 Å². The first-order valence-electron chi connectivity index (χ1n) is 10.7. The maximum atomic E-state index is 12.6. The van der Waals surface area contributed by atoms with Crippen LogP contribution in [0.3, 0.4) is 0 Å². The molecule has 2 heterocycles. The van der Waals surface area contributed by atoms with E-state index in [0.29, 0.717) is 23.6 Å².